The first-order chi connectivity index (χ1) is 12.4. The van der Waals surface area contributed by atoms with Gasteiger partial charge >= 0.3 is 0 Å². The summed E-state index contributed by atoms with van der Waals surface area (Å²) in [7, 11) is 2.18. The van der Waals surface area contributed by atoms with Gasteiger partial charge in [-0.25, -0.2) is 0 Å². The van der Waals surface area contributed by atoms with Crippen LogP contribution in [0.1, 0.15) is 27.0 Å². The fraction of sp³-hybridized carbons (Fsp3) is 0.381. The number of hydrogen-bond acceptors (Lipinski definition) is 3. The largest absolute Gasteiger partial charge is 0.322 e. The maximum atomic E-state index is 12.5. The lowest BCUT2D eigenvalue weighted by atomic mass is 10.1. The summed E-state index contributed by atoms with van der Waals surface area (Å²) >= 11 is 2.26. The molecule has 1 fully saturated rings. The van der Waals surface area contributed by atoms with Gasteiger partial charge in [-0.05, 0) is 84.4 Å². The molecule has 1 heterocycles. The van der Waals surface area contributed by atoms with E-state index in [1.54, 1.807) is 0 Å². The van der Waals surface area contributed by atoms with Crippen molar-refractivity contribution in [3.05, 3.63) is 62.2 Å². The van der Waals surface area contributed by atoms with Crippen molar-refractivity contribution >= 4 is 34.2 Å². The molecule has 0 bridgehead atoms. The summed E-state index contributed by atoms with van der Waals surface area (Å²) in [5, 5.41) is 3.02. The van der Waals surface area contributed by atoms with Gasteiger partial charge in [-0.15, -0.1) is 0 Å². The van der Waals surface area contributed by atoms with Crippen molar-refractivity contribution in [2.75, 3.05) is 38.5 Å². The lowest BCUT2D eigenvalue weighted by molar-refractivity contribution is 0.102. The fourth-order valence-corrected chi connectivity index (χ4v) is 3.65. The van der Waals surface area contributed by atoms with Gasteiger partial charge in [-0.3, -0.25) is 9.69 Å². The molecule has 0 saturated carbocycles. The first-order valence-corrected chi connectivity index (χ1v) is 10.1. The van der Waals surface area contributed by atoms with Crippen LogP contribution in [-0.4, -0.2) is 48.9 Å². The summed E-state index contributed by atoms with van der Waals surface area (Å²) in [5.41, 5.74) is 5.29. The SMILES string of the molecule is Cc1ccc(C(=O)Nc2ccc(CN3CCN(C)CC3)c(C)c2)cc1I. The Balaban J connectivity index is 1.65. The van der Waals surface area contributed by atoms with E-state index in [1.807, 2.05) is 31.2 Å². The van der Waals surface area contributed by atoms with Crippen LogP contribution in [0, 0.1) is 17.4 Å². The molecule has 0 aromatic heterocycles. The number of aryl methyl sites for hydroxylation is 2. The highest BCUT2D eigenvalue weighted by Gasteiger charge is 2.15. The second-order valence-corrected chi connectivity index (χ2v) is 8.30. The van der Waals surface area contributed by atoms with Gasteiger partial charge < -0.3 is 10.2 Å². The van der Waals surface area contributed by atoms with Gasteiger partial charge in [-0.2, -0.15) is 0 Å². The summed E-state index contributed by atoms with van der Waals surface area (Å²) in [5.74, 6) is -0.0610. The van der Waals surface area contributed by atoms with Crippen molar-refractivity contribution in [3.8, 4) is 0 Å². The van der Waals surface area contributed by atoms with E-state index in [2.05, 4.69) is 63.8 Å². The molecule has 1 aliphatic heterocycles. The lowest BCUT2D eigenvalue weighted by Gasteiger charge is -2.32. The van der Waals surface area contributed by atoms with Crippen LogP contribution in [0.25, 0.3) is 0 Å². The van der Waals surface area contributed by atoms with Crippen molar-refractivity contribution in [3.63, 3.8) is 0 Å². The van der Waals surface area contributed by atoms with Crippen molar-refractivity contribution < 1.29 is 4.79 Å². The Kier molecular flexibility index (Phi) is 6.32. The Morgan fingerprint density at radius 2 is 1.77 bits per heavy atom. The number of benzene rings is 2. The van der Waals surface area contributed by atoms with Crippen molar-refractivity contribution in [2.24, 2.45) is 0 Å². The molecule has 0 radical (unpaired) electrons. The molecule has 1 saturated heterocycles. The number of carbonyl (C=O) groups is 1. The predicted molar refractivity (Wildman–Crippen MR) is 116 cm³/mol. The molecule has 5 heteroatoms. The zero-order valence-electron chi connectivity index (χ0n) is 15.7. The minimum Gasteiger partial charge on any atom is -0.322 e. The smallest absolute Gasteiger partial charge is 0.255 e. The Labute approximate surface area is 169 Å². The molecule has 0 unspecified atom stereocenters. The second-order valence-electron chi connectivity index (χ2n) is 7.14. The highest BCUT2D eigenvalue weighted by atomic mass is 127. The zero-order valence-corrected chi connectivity index (χ0v) is 17.8. The number of carbonyl (C=O) groups excluding carboxylic acids is 1. The van der Waals surface area contributed by atoms with E-state index in [1.165, 1.54) is 16.7 Å². The van der Waals surface area contributed by atoms with Crippen LogP contribution >= 0.6 is 22.6 Å². The van der Waals surface area contributed by atoms with Gasteiger partial charge in [0.2, 0.25) is 0 Å². The van der Waals surface area contributed by atoms with Crippen LogP contribution in [0.3, 0.4) is 0 Å². The maximum Gasteiger partial charge on any atom is 0.255 e. The molecule has 0 atom stereocenters. The molecule has 3 rings (SSSR count). The van der Waals surface area contributed by atoms with Crippen LogP contribution in [0.5, 0.6) is 0 Å². The molecule has 4 nitrogen and oxygen atoms in total. The van der Waals surface area contributed by atoms with Crippen LogP contribution in [-0.2, 0) is 6.54 Å². The number of amides is 1. The number of rotatable bonds is 4. The molecular formula is C21H26IN3O. The number of anilines is 1. The number of piperazine rings is 1. The van der Waals surface area contributed by atoms with Gasteiger partial charge in [0.25, 0.3) is 5.91 Å². The molecule has 138 valence electrons. The van der Waals surface area contributed by atoms with E-state index in [-0.39, 0.29) is 5.91 Å². The molecule has 1 amide bonds. The standard InChI is InChI=1S/C21H26IN3O/c1-15-4-5-17(13-20(15)22)21(26)23-19-7-6-18(16(2)12-19)14-25-10-8-24(3)9-11-25/h4-7,12-13H,8-11,14H2,1-3H3,(H,23,26). The number of likely N-dealkylation sites (N-methyl/N-ethyl adjacent to an activating group) is 1. The monoisotopic (exact) mass is 463 g/mol. The predicted octanol–water partition coefficient (Wildman–Crippen LogP) is 3.91. The van der Waals surface area contributed by atoms with Gasteiger partial charge in [0.15, 0.2) is 0 Å². The molecule has 26 heavy (non-hydrogen) atoms. The van der Waals surface area contributed by atoms with E-state index < -0.39 is 0 Å². The normalized spacial score (nSPS) is 15.8. The topological polar surface area (TPSA) is 35.6 Å². The van der Waals surface area contributed by atoms with Gasteiger partial charge in [0.1, 0.15) is 0 Å². The number of halogens is 1. The highest BCUT2D eigenvalue weighted by molar-refractivity contribution is 14.1. The third kappa shape index (κ3) is 4.84. The first kappa shape index (κ1) is 19.3. The molecule has 2 aromatic carbocycles. The molecular weight excluding hydrogens is 437 g/mol. The second kappa shape index (κ2) is 8.50. The summed E-state index contributed by atoms with van der Waals surface area (Å²) in [6, 6.07) is 12.0. The Morgan fingerprint density at radius 3 is 2.42 bits per heavy atom. The number of nitrogens with one attached hydrogen (secondary N) is 1. The minimum atomic E-state index is -0.0610. The fourth-order valence-electron chi connectivity index (χ4n) is 3.14. The molecule has 0 aliphatic carbocycles. The van der Waals surface area contributed by atoms with E-state index in [0.717, 1.165) is 42.0 Å². The Bertz CT molecular complexity index is 798. The molecule has 1 aliphatic rings. The van der Waals surface area contributed by atoms with Crippen molar-refractivity contribution in [1.82, 2.24) is 9.80 Å². The zero-order chi connectivity index (χ0) is 18.7. The van der Waals surface area contributed by atoms with E-state index in [4.69, 9.17) is 0 Å². The first-order valence-electron chi connectivity index (χ1n) is 9.00. The van der Waals surface area contributed by atoms with E-state index >= 15 is 0 Å². The summed E-state index contributed by atoms with van der Waals surface area (Å²) in [6.45, 7) is 9.62. The Hall–Kier alpha value is -1.44. The summed E-state index contributed by atoms with van der Waals surface area (Å²) in [6.07, 6.45) is 0. The van der Waals surface area contributed by atoms with Crippen LogP contribution < -0.4 is 5.32 Å². The van der Waals surface area contributed by atoms with E-state index in [0.29, 0.717) is 5.56 Å². The maximum absolute atomic E-state index is 12.5. The lowest BCUT2D eigenvalue weighted by Crippen LogP contribution is -2.43. The van der Waals surface area contributed by atoms with Crippen molar-refractivity contribution in [2.45, 2.75) is 20.4 Å². The molecule has 2 aromatic rings. The van der Waals surface area contributed by atoms with Gasteiger partial charge in [0, 0.05) is 47.5 Å². The number of hydrogen-bond donors (Lipinski definition) is 1. The van der Waals surface area contributed by atoms with Gasteiger partial charge in [-0.1, -0.05) is 12.1 Å². The van der Waals surface area contributed by atoms with Crippen LogP contribution in [0.2, 0.25) is 0 Å². The molecule has 1 N–H and O–H groups in total. The Morgan fingerprint density at radius 1 is 1.04 bits per heavy atom. The third-order valence-corrected chi connectivity index (χ3v) is 6.19. The van der Waals surface area contributed by atoms with Gasteiger partial charge in [0.05, 0.1) is 0 Å². The average Bonchev–Trinajstić information content (AvgIpc) is 2.61. The van der Waals surface area contributed by atoms with Crippen LogP contribution in [0.4, 0.5) is 5.69 Å². The minimum absolute atomic E-state index is 0.0610. The quantitative estimate of drug-likeness (QED) is 0.699. The average molecular weight is 463 g/mol. The van der Waals surface area contributed by atoms with E-state index in [9.17, 15) is 4.79 Å². The summed E-state index contributed by atoms with van der Waals surface area (Å²) in [4.78, 5) is 17.4. The molecule has 0 spiro atoms. The van der Waals surface area contributed by atoms with Crippen LogP contribution in [0.15, 0.2) is 36.4 Å². The third-order valence-electron chi connectivity index (χ3n) is 5.02. The number of nitrogens with zero attached hydrogens (tertiary/aromatic N) is 2. The summed E-state index contributed by atoms with van der Waals surface area (Å²) < 4.78 is 1.11. The highest BCUT2D eigenvalue weighted by Crippen LogP contribution is 2.19. The van der Waals surface area contributed by atoms with Crippen molar-refractivity contribution in [1.29, 1.82) is 0 Å².